The molecule has 2 rings (SSSR count). The van der Waals surface area contributed by atoms with Crippen molar-refractivity contribution < 1.29 is 22.7 Å². The van der Waals surface area contributed by atoms with E-state index in [1.807, 2.05) is 0 Å². The van der Waals surface area contributed by atoms with Crippen molar-refractivity contribution in [3.8, 4) is 11.5 Å². The van der Waals surface area contributed by atoms with Crippen molar-refractivity contribution in [1.82, 2.24) is 4.72 Å². The lowest BCUT2D eigenvalue weighted by Crippen LogP contribution is -2.37. The van der Waals surface area contributed by atoms with Crippen LogP contribution in [0.25, 0.3) is 0 Å². The fraction of sp³-hybridized carbons (Fsp3) is 0.312. The highest BCUT2D eigenvalue weighted by Gasteiger charge is 2.18. The lowest BCUT2D eigenvalue weighted by molar-refractivity contribution is -0.116. The number of hydrogen-bond acceptors (Lipinski definition) is 6. The molecule has 1 aromatic carbocycles. The molecule has 0 aliphatic rings. The van der Waals surface area contributed by atoms with E-state index in [0.29, 0.717) is 17.2 Å². The third-order valence-corrected chi connectivity index (χ3v) is 6.30. The Morgan fingerprint density at radius 3 is 2.48 bits per heavy atom. The Labute approximate surface area is 151 Å². The molecule has 0 aliphatic heterocycles. The van der Waals surface area contributed by atoms with Crippen molar-refractivity contribution in [2.45, 2.75) is 11.1 Å². The monoisotopic (exact) mass is 384 g/mol. The maximum absolute atomic E-state index is 12.1. The van der Waals surface area contributed by atoms with Gasteiger partial charge in [-0.2, -0.15) is 0 Å². The van der Waals surface area contributed by atoms with E-state index in [1.165, 1.54) is 32.1 Å². The number of carbonyl (C=O) groups is 1. The first kappa shape index (κ1) is 19.2. The molecule has 0 unspecified atom stereocenters. The first-order valence-corrected chi connectivity index (χ1v) is 9.78. The molecule has 1 N–H and O–H groups in total. The van der Waals surface area contributed by atoms with E-state index in [0.717, 1.165) is 11.3 Å². The standard InChI is InChI=1S/C16H20N2O5S2/c1-12(19)18(13-6-7-14(22-2)15(11-13)23-3)9-8-17-25(20,21)16-5-4-10-24-16/h4-7,10-11,17H,8-9H2,1-3H3. The zero-order valence-electron chi connectivity index (χ0n) is 14.2. The van der Waals surface area contributed by atoms with Crippen LogP contribution >= 0.6 is 11.3 Å². The van der Waals surface area contributed by atoms with Gasteiger partial charge in [0.2, 0.25) is 15.9 Å². The van der Waals surface area contributed by atoms with Gasteiger partial charge in [0.25, 0.3) is 0 Å². The van der Waals surface area contributed by atoms with E-state index >= 15 is 0 Å². The van der Waals surface area contributed by atoms with E-state index in [-0.39, 0.29) is 23.2 Å². The van der Waals surface area contributed by atoms with Gasteiger partial charge in [-0.25, -0.2) is 13.1 Å². The molecule has 0 bridgehead atoms. The number of carbonyl (C=O) groups excluding carboxylic acids is 1. The van der Waals surface area contributed by atoms with Gasteiger partial charge >= 0.3 is 0 Å². The number of benzene rings is 1. The van der Waals surface area contributed by atoms with Crippen LogP contribution in [-0.4, -0.2) is 41.6 Å². The number of rotatable bonds is 8. The van der Waals surface area contributed by atoms with Crippen molar-refractivity contribution in [2.24, 2.45) is 0 Å². The van der Waals surface area contributed by atoms with Gasteiger partial charge in [-0.15, -0.1) is 11.3 Å². The van der Waals surface area contributed by atoms with Gasteiger partial charge in [0.1, 0.15) is 4.21 Å². The van der Waals surface area contributed by atoms with E-state index in [4.69, 9.17) is 9.47 Å². The number of sulfonamides is 1. The molecule has 0 spiro atoms. The topological polar surface area (TPSA) is 84.9 Å². The Kier molecular flexibility index (Phi) is 6.40. The highest BCUT2D eigenvalue weighted by atomic mass is 32.2. The summed E-state index contributed by atoms with van der Waals surface area (Å²) in [7, 11) is -0.522. The molecule has 0 saturated carbocycles. The first-order chi connectivity index (χ1) is 11.9. The lowest BCUT2D eigenvalue weighted by atomic mass is 10.2. The van der Waals surface area contributed by atoms with Crippen LogP contribution in [-0.2, 0) is 14.8 Å². The van der Waals surface area contributed by atoms with Crippen molar-refractivity contribution in [3.63, 3.8) is 0 Å². The van der Waals surface area contributed by atoms with Crippen molar-refractivity contribution in [2.75, 3.05) is 32.2 Å². The fourth-order valence-electron chi connectivity index (χ4n) is 2.24. The second kappa shape index (κ2) is 8.32. The van der Waals surface area contributed by atoms with Crippen molar-refractivity contribution in [1.29, 1.82) is 0 Å². The molecule has 1 aromatic heterocycles. The normalized spacial score (nSPS) is 11.2. The van der Waals surface area contributed by atoms with Crippen LogP contribution < -0.4 is 19.1 Å². The molecule has 0 radical (unpaired) electrons. The van der Waals surface area contributed by atoms with E-state index < -0.39 is 10.0 Å². The highest BCUT2D eigenvalue weighted by molar-refractivity contribution is 7.91. The minimum atomic E-state index is -3.56. The Morgan fingerprint density at radius 1 is 1.20 bits per heavy atom. The van der Waals surface area contributed by atoms with Crippen molar-refractivity contribution in [3.05, 3.63) is 35.7 Å². The lowest BCUT2D eigenvalue weighted by Gasteiger charge is -2.22. The van der Waals surface area contributed by atoms with Gasteiger partial charge in [-0.05, 0) is 23.6 Å². The third kappa shape index (κ3) is 4.71. The zero-order valence-corrected chi connectivity index (χ0v) is 15.8. The molecule has 1 amide bonds. The largest absolute Gasteiger partial charge is 0.493 e. The van der Waals surface area contributed by atoms with Gasteiger partial charge in [0.05, 0.1) is 14.2 Å². The molecule has 7 nitrogen and oxygen atoms in total. The van der Waals surface area contributed by atoms with Crippen LogP contribution in [0.1, 0.15) is 6.92 Å². The summed E-state index contributed by atoms with van der Waals surface area (Å²) in [5, 5.41) is 1.69. The number of nitrogens with zero attached hydrogens (tertiary/aromatic N) is 1. The molecule has 0 aliphatic carbocycles. The number of hydrogen-bond donors (Lipinski definition) is 1. The van der Waals surface area contributed by atoms with Crippen LogP contribution in [0, 0.1) is 0 Å². The summed E-state index contributed by atoms with van der Waals surface area (Å²) in [6.07, 6.45) is 0. The highest BCUT2D eigenvalue weighted by Crippen LogP contribution is 2.31. The second-order valence-electron chi connectivity index (χ2n) is 5.04. The fourth-order valence-corrected chi connectivity index (χ4v) is 4.30. The van der Waals surface area contributed by atoms with Crippen LogP contribution in [0.5, 0.6) is 11.5 Å². The van der Waals surface area contributed by atoms with Crippen LogP contribution in [0.15, 0.2) is 39.9 Å². The molecule has 0 fully saturated rings. The Bertz CT molecular complexity index is 819. The molecule has 25 heavy (non-hydrogen) atoms. The van der Waals surface area contributed by atoms with E-state index in [2.05, 4.69) is 4.72 Å². The smallest absolute Gasteiger partial charge is 0.250 e. The van der Waals surface area contributed by atoms with Crippen LogP contribution in [0.2, 0.25) is 0 Å². The number of thiophene rings is 1. The van der Waals surface area contributed by atoms with Gasteiger partial charge in [0, 0.05) is 31.8 Å². The maximum Gasteiger partial charge on any atom is 0.250 e. The first-order valence-electron chi connectivity index (χ1n) is 7.42. The molecule has 0 atom stereocenters. The molecule has 0 saturated heterocycles. The summed E-state index contributed by atoms with van der Waals surface area (Å²) in [5.41, 5.74) is 0.598. The number of methoxy groups -OCH3 is 2. The van der Waals surface area contributed by atoms with Gasteiger partial charge < -0.3 is 14.4 Å². The average Bonchev–Trinajstić information content (AvgIpc) is 3.13. The van der Waals surface area contributed by atoms with Crippen LogP contribution in [0.3, 0.4) is 0 Å². The minimum Gasteiger partial charge on any atom is -0.493 e. The third-order valence-electron chi connectivity index (χ3n) is 3.45. The Balaban J connectivity index is 2.10. The van der Waals surface area contributed by atoms with Gasteiger partial charge in [-0.3, -0.25) is 4.79 Å². The SMILES string of the molecule is COc1ccc(N(CCNS(=O)(=O)c2cccs2)C(C)=O)cc1OC. The molecule has 2 aromatic rings. The van der Waals surface area contributed by atoms with Crippen molar-refractivity contribution >= 4 is 33.0 Å². The summed E-state index contributed by atoms with van der Waals surface area (Å²) in [6, 6.07) is 8.29. The molecule has 136 valence electrons. The van der Waals surface area contributed by atoms with Crippen LogP contribution in [0.4, 0.5) is 5.69 Å². The Hall–Kier alpha value is -2.10. The summed E-state index contributed by atoms with van der Waals surface area (Å²) in [4.78, 5) is 13.4. The van der Waals surface area contributed by atoms with Gasteiger partial charge in [-0.1, -0.05) is 6.07 Å². The predicted octanol–water partition coefficient (Wildman–Crippen LogP) is 2.10. The Morgan fingerprint density at radius 2 is 1.92 bits per heavy atom. The molecular formula is C16H20N2O5S2. The number of amides is 1. The minimum absolute atomic E-state index is 0.0914. The number of nitrogens with one attached hydrogen (secondary N) is 1. The van der Waals surface area contributed by atoms with E-state index in [1.54, 1.807) is 29.6 Å². The average molecular weight is 384 g/mol. The quantitative estimate of drug-likeness (QED) is 0.753. The summed E-state index contributed by atoms with van der Waals surface area (Å²) < 4.78 is 37.4. The number of ether oxygens (including phenoxy) is 2. The second-order valence-corrected chi connectivity index (χ2v) is 7.98. The molecular weight excluding hydrogens is 364 g/mol. The number of anilines is 1. The maximum atomic E-state index is 12.1. The van der Waals surface area contributed by atoms with E-state index in [9.17, 15) is 13.2 Å². The predicted molar refractivity (Wildman–Crippen MR) is 97.1 cm³/mol. The summed E-state index contributed by atoms with van der Waals surface area (Å²) >= 11 is 1.14. The summed E-state index contributed by atoms with van der Waals surface area (Å²) in [6.45, 7) is 1.70. The van der Waals surface area contributed by atoms with Gasteiger partial charge in [0.15, 0.2) is 11.5 Å². The zero-order chi connectivity index (χ0) is 18.4. The molecule has 1 heterocycles. The molecule has 9 heteroatoms. The summed E-state index contributed by atoms with van der Waals surface area (Å²) in [5.74, 6) is 0.834.